The smallest absolute Gasteiger partial charge is 0.386 e. The van der Waals surface area contributed by atoms with Gasteiger partial charge in [0, 0.05) is 6.20 Å². The molecule has 0 radical (unpaired) electrons. The molecule has 206 valence electrons. The van der Waals surface area contributed by atoms with Gasteiger partial charge < -0.3 is 39.7 Å². The Morgan fingerprint density at radius 1 is 1.30 bits per heavy atom. The van der Waals surface area contributed by atoms with Gasteiger partial charge in [0.1, 0.15) is 18.9 Å². The molecule has 0 spiro atoms. The number of fused-ring (bicyclic) bond motifs is 1. The molecular weight excluding hydrogens is 575 g/mol. The van der Waals surface area contributed by atoms with Crippen LogP contribution < -0.4 is 11.3 Å². The second-order valence-electron chi connectivity index (χ2n) is 7.41. The van der Waals surface area contributed by atoms with Gasteiger partial charge in [0.05, 0.1) is 11.5 Å². The van der Waals surface area contributed by atoms with Crippen molar-refractivity contribution in [1.82, 2.24) is 14.5 Å². The summed E-state index contributed by atoms with van der Waals surface area (Å²) < 4.78 is 81.4. The van der Waals surface area contributed by atoms with Gasteiger partial charge in [-0.3, -0.25) is 14.3 Å². The van der Waals surface area contributed by atoms with E-state index >= 15 is 4.39 Å². The molecule has 2 aromatic rings. The first-order chi connectivity index (χ1) is 16.9. The van der Waals surface area contributed by atoms with Gasteiger partial charge in [-0.2, -0.15) is 13.6 Å². The van der Waals surface area contributed by atoms with E-state index in [4.69, 9.17) is 20.3 Å². The maximum Gasteiger partial charge on any atom is 0.490 e. The summed E-state index contributed by atoms with van der Waals surface area (Å²) in [4.78, 5) is 54.4. The van der Waals surface area contributed by atoms with E-state index in [-0.39, 0.29) is 17.0 Å². The average Bonchev–Trinajstić information content (AvgIpc) is 3.23. The maximum atomic E-state index is 16.1. The zero-order valence-corrected chi connectivity index (χ0v) is 20.9. The monoisotopic (exact) mass is 594 g/mol. The zero-order valence-electron chi connectivity index (χ0n) is 18.2. The van der Waals surface area contributed by atoms with Crippen molar-refractivity contribution < 1.29 is 65.0 Å². The number of nitrogens with one attached hydrogen (secondary N) is 1. The van der Waals surface area contributed by atoms with Crippen molar-refractivity contribution in [2.45, 2.75) is 37.1 Å². The molecule has 1 fully saturated rings. The summed E-state index contributed by atoms with van der Waals surface area (Å²) in [5.74, 6) is 3.29. The summed E-state index contributed by atoms with van der Waals surface area (Å²) in [6.45, 7) is -0.420. The number of aromatic amines is 1. The summed E-state index contributed by atoms with van der Waals surface area (Å²) in [6.07, 6.45) is -6.97. The van der Waals surface area contributed by atoms with Gasteiger partial charge in [0.15, 0.2) is 11.9 Å². The molecule has 22 heteroatoms. The number of aliphatic hydroxyl groups excluding tert-OH is 1. The number of nitrogen functional groups attached to an aromatic ring is 1. The van der Waals surface area contributed by atoms with Crippen LogP contribution in [0.3, 0.4) is 0 Å². The summed E-state index contributed by atoms with van der Waals surface area (Å²) in [5, 5.41) is 10.6. The van der Waals surface area contributed by atoms with Crippen molar-refractivity contribution in [3.05, 3.63) is 22.6 Å². The van der Waals surface area contributed by atoms with Crippen LogP contribution in [0, 0.1) is 11.8 Å². The Morgan fingerprint density at radius 3 is 2.54 bits per heavy atom. The maximum absolute atomic E-state index is 16.1. The second-order valence-corrected chi connectivity index (χ2v) is 11.8. The van der Waals surface area contributed by atoms with E-state index in [9.17, 15) is 37.8 Å². The van der Waals surface area contributed by atoms with Crippen LogP contribution in [0.1, 0.15) is 13.2 Å². The standard InChI is InChI=1S/C15H19F2N4O13P3/c1-7(32-36(27,28)34-37(29,30)33-35(24,25)26)9-10(22)15(17,4-2-5-16)13(31-9)21-6-3-8-11(21)19-14(18)20-12(8)23/h3,6-7,9-10,13,22H,5H2,1H3,(H,27,28)(H,29,30)(H2,24,25,26)(H3,18,19,20,23)/t7-,9-,10+,13-,15?/m1/s1. The highest BCUT2D eigenvalue weighted by atomic mass is 31.3. The molecular formula is C15H19F2N4O13P3. The topological polar surface area (TPSA) is 266 Å². The highest BCUT2D eigenvalue weighted by Gasteiger charge is 2.60. The molecule has 0 aliphatic carbocycles. The van der Waals surface area contributed by atoms with Crippen molar-refractivity contribution >= 4 is 40.4 Å². The fourth-order valence-corrected chi connectivity index (χ4v) is 6.67. The van der Waals surface area contributed by atoms with Gasteiger partial charge in [0.25, 0.3) is 5.56 Å². The molecule has 1 aliphatic rings. The summed E-state index contributed by atoms with van der Waals surface area (Å²) >= 11 is 0. The Labute approximate surface area is 204 Å². The van der Waals surface area contributed by atoms with E-state index in [2.05, 4.69) is 23.1 Å². The number of ether oxygens (including phenoxy) is 1. The number of aliphatic hydroxyl groups is 1. The van der Waals surface area contributed by atoms with E-state index in [1.54, 1.807) is 5.92 Å². The van der Waals surface area contributed by atoms with E-state index in [1.807, 2.05) is 5.92 Å². The molecule has 0 bridgehead atoms. The van der Waals surface area contributed by atoms with Crippen molar-refractivity contribution in [1.29, 1.82) is 0 Å². The van der Waals surface area contributed by atoms with Crippen molar-refractivity contribution in [2.75, 3.05) is 12.4 Å². The quantitative estimate of drug-likeness (QED) is 0.156. The number of nitrogens with zero attached hydrogens (tertiary/aromatic N) is 2. The minimum Gasteiger partial charge on any atom is -0.386 e. The number of anilines is 1. The Balaban J connectivity index is 1.95. The third-order valence-electron chi connectivity index (χ3n) is 4.76. The first kappa shape index (κ1) is 29.5. The van der Waals surface area contributed by atoms with E-state index in [0.29, 0.717) is 0 Å². The number of phosphoric ester groups is 1. The van der Waals surface area contributed by atoms with Crippen LogP contribution in [0.5, 0.6) is 0 Å². The number of hydrogen-bond donors (Lipinski definition) is 7. The lowest BCUT2D eigenvalue weighted by molar-refractivity contribution is -0.0752. The number of nitrogens with two attached hydrogens (primary N) is 1. The fraction of sp³-hybridized carbons (Fsp3) is 0.467. The van der Waals surface area contributed by atoms with E-state index < -0.39 is 65.9 Å². The predicted octanol–water partition coefficient (Wildman–Crippen LogP) is -0.0219. The number of hydrogen-bond acceptors (Lipinski definition) is 11. The second kappa shape index (κ2) is 10.3. The number of aromatic nitrogens is 3. The van der Waals surface area contributed by atoms with Crippen LogP contribution in [-0.4, -0.2) is 69.9 Å². The van der Waals surface area contributed by atoms with Crippen LogP contribution in [0.4, 0.5) is 14.7 Å². The molecule has 7 atom stereocenters. The van der Waals surface area contributed by atoms with Gasteiger partial charge >= 0.3 is 23.5 Å². The van der Waals surface area contributed by atoms with E-state index in [0.717, 1.165) is 17.7 Å². The van der Waals surface area contributed by atoms with Crippen molar-refractivity contribution in [3.63, 3.8) is 0 Å². The first-order valence-corrected chi connectivity index (χ1v) is 14.2. The molecule has 2 aromatic heterocycles. The van der Waals surface area contributed by atoms with Crippen LogP contribution >= 0.6 is 23.5 Å². The molecule has 3 heterocycles. The Kier molecular flexibility index (Phi) is 8.19. The van der Waals surface area contributed by atoms with Crippen LogP contribution in [0.15, 0.2) is 17.1 Å². The van der Waals surface area contributed by atoms with Gasteiger partial charge in [-0.05, 0) is 13.0 Å². The molecule has 3 unspecified atom stereocenters. The van der Waals surface area contributed by atoms with Gasteiger partial charge in [-0.15, -0.1) is 0 Å². The number of alkyl halides is 2. The van der Waals surface area contributed by atoms with Gasteiger partial charge in [-0.1, -0.05) is 11.8 Å². The Bertz CT molecular complexity index is 1450. The van der Waals surface area contributed by atoms with Gasteiger partial charge in [0.2, 0.25) is 11.6 Å². The summed E-state index contributed by atoms with van der Waals surface area (Å²) in [7, 11) is -17.2. The lowest BCUT2D eigenvalue weighted by Gasteiger charge is -2.25. The largest absolute Gasteiger partial charge is 0.490 e. The number of halogens is 2. The number of H-pyrrole nitrogens is 1. The molecule has 0 amide bonds. The number of phosphoric acid groups is 3. The van der Waals surface area contributed by atoms with Crippen molar-refractivity contribution in [2.24, 2.45) is 0 Å². The minimum absolute atomic E-state index is 0.0853. The summed E-state index contributed by atoms with van der Waals surface area (Å²) in [6, 6.07) is 1.20. The molecule has 17 nitrogen and oxygen atoms in total. The van der Waals surface area contributed by atoms with Crippen LogP contribution in [0.25, 0.3) is 11.0 Å². The lowest BCUT2D eigenvalue weighted by Crippen LogP contribution is -2.44. The third-order valence-corrected chi connectivity index (χ3v) is 8.69. The molecule has 0 saturated carbocycles. The third kappa shape index (κ3) is 6.52. The average molecular weight is 594 g/mol. The lowest BCUT2D eigenvalue weighted by atomic mass is 9.94. The van der Waals surface area contributed by atoms with Gasteiger partial charge in [-0.25, -0.2) is 22.5 Å². The highest BCUT2D eigenvalue weighted by Crippen LogP contribution is 2.66. The van der Waals surface area contributed by atoms with Crippen LogP contribution in [-0.2, 0) is 31.6 Å². The normalized spacial score (nSPS) is 28.3. The first-order valence-electron chi connectivity index (χ1n) is 9.66. The molecule has 37 heavy (non-hydrogen) atoms. The molecule has 1 aliphatic heterocycles. The Morgan fingerprint density at radius 2 is 1.95 bits per heavy atom. The summed E-state index contributed by atoms with van der Waals surface area (Å²) in [5.41, 5.74) is 1.44. The zero-order chi connectivity index (χ0) is 28.0. The highest BCUT2D eigenvalue weighted by molar-refractivity contribution is 7.66. The van der Waals surface area contributed by atoms with Crippen LogP contribution in [0.2, 0.25) is 0 Å². The van der Waals surface area contributed by atoms with Crippen molar-refractivity contribution in [3.8, 4) is 11.8 Å². The molecule has 0 aromatic carbocycles. The molecule has 8 N–H and O–H groups in total. The Hall–Kier alpha value is -2.03. The molecule has 3 rings (SSSR count). The van der Waals surface area contributed by atoms with E-state index in [1.165, 1.54) is 6.07 Å². The molecule has 1 saturated heterocycles. The fourth-order valence-electron chi connectivity index (χ4n) is 3.47. The SMILES string of the molecule is C[C@@H](OP(=O)(O)OP(=O)(O)OP(=O)(O)O)[C@H]1O[C@@H](n2ccc3c(=O)[nH]c(N)nc32)C(F)(C#CCF)[C@H]1O. The minimum atomic E-state index is -5.87. The predicted molar refractivity (Wildman–Crippen MR) is 117 cm³/mol. The number of rotatable bonds is 8.